The molecule has 1 aliphatic heterocycles. The van der Waals surface area contributed by atoms with Gasteiger partial charge in [-0.05, 0) is 54.3 Å². The number of amides is 2. The van der Waals surface area contributed by atoms with Gasteiger partial charge in [0.1, 0.15) is 25.0 Å². The Morgan fingerprint density at radius 2 is 1.81 bits per heavy atom. The largest absolute Gasteiger partial charge is 0.486 e. The molecule has 184 valence electrons. The van der Waals surface area contributed by atoms with Gasteiger partial charge < -0.3 is 24.1 Å². The van der Waals surface area contributed by atoms with E-state index in [4.69, 9.17) is 13.9 Å². The minimum Gasteiger partial charge on any atom is -0.486 e. The van der Waals surface area contributed by atoms with Crippen LogP contribution in [0.2, 0.25) is 0 Å². The summed E-state index contributed by atoms with van der Waals surface area (Å²) < 4.78 is 16.7. The Labute approximate surface area is 213 Å². The van der Waals surface area contributed by atoms with Gasteiger partial charge in [0.05, 0.1) is 19.4 Å². The van der Waals surface area contributed by atoms with Gasteiger partial charge in [-0.25, -0.2) is 0 Å². The van der Waals surface area contributed by atoms with Gasteiger partial charge >= 0.3 is 0 Å². The number of hydrogen-bond donors (Lipinski definition) is 1. The number of fused-ring (bicyclic) bond motifs is 1. The van der Waals surface area contributed by atoms with Gasteiger partial charge in [-0.15, -0.1) is 11.3 Å². The van der Waals surface area contributed by atoms with Gasteiger partial charge in [0.15, 0.2) is 11.5 Å². The predicted octanol–water partition coefficient (Wildman–Crippen LogP) is 5.12. The Balaban J connectivity index is 1.52. The number of rotatable bonds is 8. The van der Waals surface area contributed by atoms with Crippen molar-refractivity contribution in [2.75, 3.05) is 13.2 Å². The maximum atomic E-state index is 14.0. The zero-order chi connectivity index (χ0) is 24.9. The lowest BCUT2D eigenvalue weighted by atomic mass is 10.0. The minimum atomic E-state index is -0.858. The van der Waals surface area contributed by atoms with Gasteiger partial charge in [0.25, 0.3) is 5.91 Å². The molecule has 0 fully saturated rings. The number of carbonyl (C=O) groups excluding carboxylic acids is 2. The third kappa shape index (κ3) is 5.28. The van der Waals surface area contributed by atoms with Crippen molar-refractivity contribution in [3.8, 4) is 11.5 Å². The Bertz CT molecular complexity index is 1320. The summed E-state index contributed by atoms with van der Waals surface area (Å²) in [5.74, 6) is 1.19. The van der Waals surface area contributed by atoms with E-state index in [-0.39, 0.29) is 24.9 Å². The van der Waals surface area contributed by atoms with Crippen LogP contribution >= 0.6 is 11.3 Å². The summed E-state index contributed by atoms with van der Waals surface area (Å²) in [6.07, 6.45) is 1.56. The number of carbonyl (C=O) groups is 2. The highest BCUT2D eigenvalue weighted by Gasteiger charge is 2.33. The van der Waals surface area contributed by atoms with Crippen molar-refractivity contribution in [1.82, 2.24) is 10.2 Å². The fraction of sp³-hybridized carbons (Fsp3) is 0.214. The molecule has 2 amide bonds. The van der Waals surface area contributed by atoms with E-state index >= 15 is 0 Å². The molecule has 1 atom stereocenters. The molecular weight excluding hydrogens is 476 g/mol. The van der Waals surface area contributed by atoms with Crippen LogP contribution < -0.4 is 14.8 Å². The van der Waals surface area contributed by atoms with Crippen LogP contribution in [0.1, 0.15) is 38.2 Å². The first kappa shape index (κ1) is 23.7. The molecule has 0 aliphatic carbocycles. The number of benzene rings is 2. The van der Waals surface area contributed by atoms with Crippen molar-refractivity contribution in [3.05, 3.63) is 106 Å². The summed E-state index contributed by atoms with van der Waals surface area (Å²) in [6, 6.07) is 19.4. The summed E-state index contributed by atoms with van der Waals surface area (Å²) in [5.41, 5.74) is 2.21. The van der Waals surface area contributed by atoms with Crippen LogP contribution in [0.3, 0.4) is 0 Å². The maximum absolute atomic E-state index is 14.0. The minimum absolute atomic E-state index is 0.221. The number of nitrogens with zero attached hydrogens (tertiary/aromatic N) is 1. The van der Waals surface area contributed by atoms with Gasteiger partial charge in [-0.1, -0.05) is 35.9 Å². The quantitative estimate of drug-likeness (QED) is 0.362. The molecule has 8 heteroatoms. The lowest BCUT2D eigenvalue weighted by Gasteiger charge is -2.31. The molecule has 4 aromatic rings. The van der Waals surface area contributed by atoms with Crippen LogP contribution in [0.25, 0.3) is 0 Å². The zero-order valence-corrected chi connectivity index (χ0v) is 20.6. The second-order valence-electron chi connectivity index (χ2n) is 8.48. The summed E-state index contributed by atoms with van der Waals surface area (Å²) in [7, 11) is 0. The van der Waals surface area contributed by atoms with Gasteiger partial charge in [0.2, 0.25) is 5.91 Å². The maximum Gasteiger partial charge on any atom is 0.255 e. The molecule has 0 saturated heterocycles. The number of aryl methyl sites for hydroxylation is 1. The number of furan rings is 1. The third-order valence-electron chi connectivity index (χ3n) is 5.93. The average Bonchev–Trinajstić information content (AvgIpc) is 3.62. The Morgan fingerprint density at radius 1 is 1.00 bits per heavy atom. The molecular formula is C28H26N2O5S. The van der Waals surface area contributed by atoms with E-state index in [0.29, 0.717) is 36.0 Å². The van der Waals surface area contributed by atoms with Crippen LogP contribution in [-0.2, 0) is 17.9 Å². The Hall–Kier alpha value is -4.04. The van der Waals surface area contributed by atoms with Crippen LogP contribution in [-0.4, -0.2) is 29.9 Å². The molecule has 0 bridgehead atoms. The number of thiophene rings is 1. The molecule has 2 aromatic carbocycles. The molecule has 0 unspecified atom stereocenters. The topological polar surface area (TPSA) is 81.0 Å². The molecule has 3 heterocycles. The van der Waals surface area contributed by atoms with Gasteiger partial charge in [-0.2, -0.15) is 0 Å². The summed E-state index contributed by atoms with van der Waals surface area (Å²) in [5, 5.41) is 4.91. The summed E-state index contributed by atoms with van der Waals surface area (Å²) in [4.78, 5) is 30.3. The van der Waals surface area contributed by atoms with Crippen LogP contribution in [0.4, 0.5) is 0 Å². The summed E-state index contributed by atoms with van der Waals surface area (Å²) >= 11 is 1.54. The van der Waals surface area contributed by atoms with E-state index < -0.39 is 6.04 Å². The molecule has 7 nitrogen and oxygen atoms in total. The van der Waals surface area contributed by atoms with E-state index in [9.17, 15) is 9.59 Å². The summed E-state index contributed by atoms with van der Waals surface area (Å²) in [6.45, 7) is 3.37. The second kappa shape index (κ2) is 10.7. The molecule has 0 spiro atoms. The van der Waals surface area contributed by atoms with Gasteiger partial charge in [0, 0.05) is 10.4 Å². The Morgan fingerprint density at radius 3 is 2.53 bits per heavy atom. The number of hydrogen-bond acceptors (Lipinski definition) is 6. The van der Waals surface area contributed by atoms with Crippen molar-refractivity contribution >= 4 is 23.2 Å². The highest BCUT2D eigenvalue weighted by molar-refractivity contribution is 7.09. The van der Waals surface area contributed by atoms with Gasteiger partial charge in [-0.3, -0.25) is 9.59 Å². The average molecular weight is 503 g/mol. The van der Waals surface area contributed by atoms with Crippen LogP contribution in [0.5, 0.6) is 11.5 Å². The predicted molar refractivity (Wildman–Crippen MR) is 136 cm³/mol. The van der Waals surface area contributed by atoms with Crippen molar-refractivity contribution in [1.29, 1.82) is 0 Å². The molecule has 0 saturated carbocycles. The molecule has 1 N–H and O–H groups in total. The fourth-order valence-corrected chi connectivity index (χ4v) is 4.80. The molecule has 2 aromatic heterocycles. The van der Waals surface area contributed by atoms with Crippen molar-refractivity contribution in [2.24, 2.45) is 0 Å². The molecule has 0 radical (unpaired) electrons. The first-order chi connectivity index (χ1) is 17.6. The normalized spacial score (nSPS) is 13.1. The van der Waals surface area contributed by atoms with Crippen LogP contribution in [0, 0.1) is 6.92 Å². The lowest BCUT2D eigenvalue weighted by molar-refractivity contribution is -0.126. The highest BCUT2D eigenvalue weighted by atomic mass is 32.1. The number of ether oxygens (including phenoxy) is 2. The third-order valence-corrected chi connectivity index (χ3v) is 6.79. The second-order valence-corrected chi connectivity index (χ2v) is 9.51. The number of nitrogens with one attached hydrogen (secondary N) is 1. The van der Waals surface area contributed by atoms with E-state index in [2.05, 4.69) is 5.32 Å². The molecule has 36 heavy (non-hydrogen) atoms. The SMILES string of the molecule is Cc1ccc([C@H](C(=O)NCc2ccco2)N(Cc2cccs2)C(=O)c2ccc3c(c2)OCCO3)cc1. The fourth-order valence-electron chi connectivity index (χ4n) is 4.10. The standard InChI is InChI=1S/C28H26N2O5S/c1-19-6-8-20(9-7-19)26(27(31)29-17-22-4-2-12-33-22)30(18-23-5-3-15-36-23)28(32)21-10-11-24-25(16-21)35-14-13-34-24/h2-12,15-16,26H,13-14,17-18H2,1H3,(H,29,31)/t26-/m1/s1. The molecule has 1 aliphatic rings. The van der Waals surface area contributed by atoms with E-state index in [1.807, 2.05) is 48.7 Å². The lowest BCUT2D eigenvalue weighted by Crippen LogP contribution is -2.43. The van der Waals surface area contributed by atoms with Crippen molar-refractivity contribution in [3.63, 3.8) is 0 Å². The van der Waals surface area contributed by atoms with E-state index in [0.717, 1.165) is 16.0 Å². The van der Waals surface area contributed by atoms with Crippen molar-refractivity contribution in [2.45, 2.75) is 26.1 Å². The molecule has 5 rings (SSSR count). The first-order valence-electron chi connectivity index (χ1n) is 11.7. The van der Waals surface area contributed by atoms with E-state index in [1.54, 1.807) is 41.5 Å². The Kier molecular flexibility index (Phi) is 7.04. The van der Waals surface area contributed by atoms with Crippen LogP contribution in [0.15, 0.2) is 82.8 Å². The zero-order valence-electron chi connectivity index (χ0n) is 19.8. The van der Waals surface area contributed by atoms with E-state index in [1.165, 1.54) is 11.3 Å². The highest BCUT2D eigenvalue weighted by Crippen LogP contribution is 2.33. The first-order valence-corrected chi connectivity index (χ1v) is 12.6. The van der Waals surface area contributed by atoms with Crippen molar-refractivity contribution < 1.29 is 23.5 Å². The monoisotopic (exact) mass is 502 g/mol. The smallest absolute Gasteiger partial charge is 0.255 e.